The second-order valence-electron chi connectivity index (χ2n) is 3.65. The quantitative estimate of drug-likeness (QED) is 0.599. The van der Waals surface area contributed by atoms with Crippen LogP contribution in [0.2, 0.25) is 5.02 Å². The van der Waals surface area contributed by atoms with Gasteiger partial charge in [0.2, 0.25) is 5.70 Å². The Hall–Kier alpha value is -1.42. The fourth-order valence-corrected chi connectivity index (χ4v) is 1.40. The first-order valence-electron chi connectivity index (χ1n) is 4.73. The summed E-state index contributed by atoms with van der Waals surface area (Å²) in [5.41, 5.74) is 0.0917. The van der Waals surface area contributed by atoms with E-state index in [1.807, 2.05) is 0 Å². The van der Waals surface area contributed by atoms with Crippen LogP contribution >= 0.6 is 11.6 Å². The van der Waals surface area contributed by atoms with E-state index < -0.39 is 10.7 Å². The lowest BCUT2D eigenvalue weighted by Gasteiger charge is -2.03. The average molecular weight is 244 g/mol. The average Bonchev–Trinajstić information content (AvgIpc) is 2.18. The number of nitro groups is 1. The number of rotatable bonds is 3. The molecular formula is C11H11ClFNO2. The summed E-state index contributed by atoms with van der Waals surface area (Å²) in [7, 11) is 0. The van der Waals surface area contributed by atoms with E-state index in [1.165, 1.54) is 24.3 Å². The topological polar surface area (TPSA) is 43.1 Å². The van der Waals surface area contributed by atoms with E-state index in [0.717, 1.165) is 0 Å². The van der Waals surface area contributed by atoms with E-state index in [4.69, 9.17) is 11.6 Å². The standard InChI is InChI=1S/C11H11ClFNO2/c1-7(2)11(14(15)16)6-8-5-9(12)3-4-10(8)13/h3-7H,1-2H3/b11-6-. The van der Waals surface area contributed by atoms with Crippen molar-refractivity contribution >= 4 is 17.7 Å². The summed E-state index contributed by atoms with van der Waals surface area (Å²) >= 11 is 5.69. The Morgan fingerprint density at radius 1 is 1.56 bits per heavy atom. The maximum absolute atomic E-state index is 13.3. The van der Waals surface area contributed by atoms with Crippen LogP contribution in [0.15, 0.2) is 23.9 Å². The number of halogens is 2. The lowest BCUT2D eigenvalue weighted by atomic mass is 10.1. The van der Waals surface area contributed by atoms with Crippen molar-refractivity contribution in [3.05, 3.63) is 50.4 Å². The molecule has 0 bridgehead atoms. The van der Waals surface area contributed by atoms with Crippen molar-refractivity contribution < 1.29 is 9.31 Å². The predicted octanol–water partition coefficient (Wildman–Crippen LogP) is 3.75. The smallest absolute Gasteiger partial charge is 0.249 e. The first kappa shape index (κ1) is 12.6. The Morgan fingerprint density at radius 3 is 2.69 bits per heavy atom. The molecule has 1 aromatic carbocycles. The van der Waals surface area contributed by atoms with Gasteiger partial charge in [0.05, 0.1) is 4.92 Å². The maximum Gasteiger partial charge on any atom is 0.249 e. The molecule has 0 atom stereocenters. The molecule has 5 heteroatoms. The summed E-state index contributed by atoms with van der Waals surface area (Å²) < 4.78 is 13.3. The largest absolute Gasteiger partial charge is 0.259 e. The van der Waals surface area contributed by atoms with Crippen LogP contribution in [0.5, 0.6) is 0 Å². The van der Waals surface area contributed by atoms with Crippen LogP contribution in [0, 0.1) is 21.8 Å². The molecule has 0 saturated heterocycles. The zero-order valence-corrected chi connectivity index (χ0v) is 9.66. The van der Waals surface area contributed by atoms with Crippen molar-refractivity contribution in [2.75, 3.05) is 0 Å². The second kappa shape index (κ2) is 5.07. The van der Waals surface area contributed by atoms with Crippen molar-refractivity contribution in [2.24, 2.45) is 5.92 Å². The molecule has 0 amide bonds. The van der Waals surface area contributed by atoms with Crippen LogP contribution in [0.3, 0.4) is 0 Å². The second-order valence-corrected chi connectivity index (χ2v) is 4.08. The van der Waals surface area contributed by atoms with Gasteiger partial charge in [-0.3, -0.25) is 10.1 Å². The third-order valence-electron chi connectivity index (χ3n) is 2.06. The van der Waals surface area contributed by atoms with E-state index in [0.29, 0.717) is 5.02 Å². The van der Waals surface area contributed by atoms with E-state index in [1.54, 1.807) is 13.8 Å². The minimum absolute atomic E-state index is 0.0406. The molecule has 0 fully saturated rings. The third kappa shape index (κ3) is 3.03. The highest BCUT2D eigenvalue weighted by molar-refractivity contribution is 6.30. The summed E-state index contributed by atoms with van der Waals surface area (Å²) in [6.45, 7) is 3.36. The molecule has 0 spiro atoms. The van der Waals surface area contributed by atoms with Gasteiger partial charge < -0.3 is 0 Å². The zero-order chi connectivity index (χ0) is 12.3. The summed E-state index contributed by atoms with van der Waals surface area (Å²) in [4.78, 5) is 10.2. The van der Waals surface area contributed by atoms with Gasteiger partial charge in [-0.25, -0.2) is 4.39 Å². The first-order chi connectivity index (χ1) is 7.41. The molecule has 0 aliphatic heterocycles. The number of hydrogen-bond acceptors (Lipinski definition) is 2. The van der Waals surface area contributed by atoms with E-state index in [2.05, 4.69) is 0 Å². The highest BCUT2D eigenvalue weighted by Crippen LogP contribution is 2.20. The number of hydrogen-bond donors (Lipinski definition) is 0. The molecule has 0 saturated carbocycles. The fraction of sp³-hybridized carbons (Fsp3) is 0.273. The molecule has 86 valence electrons. The van der Waals surface area contributed by atoms with Crippen LogP contribution in [0.4, 0.5) is 4.39 Å². The monoisotopic (exact) mass is 243 g/mol. The van der Waals surface area contributed by atoms with Crippen LogP contribution in [0.25, 0.3) is 6.08 Å². The van der Waals surface area contributed by atoms with Gasteiger partial charge in [-0.15, -0.1) is 0 Å². The van der Waals surface area contributed by atoms with Crippen LogP contribution in [0.1, 0.15) is 19.4 Å². The zero-order valence-electron chi connectivity index (χ0n) is 8.91. The molecular weight excluding hydrogens is 233 g/mol. The summed E-state index contributed by atoms with van der Waals surface area (Å²) in [6, 6.07) is 3.95. The SMILES string of the molecule is CC(C)/C(=C/c1cc(Cl)ccc1F)[N+](=O)[O-]. The van der Waals surface area contributed by atoms with Crippen molar-refractivity contribution in [3.63, 3.8) is 0 Å². The maximum atomic E-state index is 13.3. The van der Waals surface area contributed by atoms with Crippen molar-refractivity contribution in [1.29, 1.82) is 0 Å². The highest BCUT2D eigenvalue weighted by atomic mass is 35.5. The van der Waals surface area contributed by atoms with Crippen molar-refractivity contribution in [2.45, 2.75) is 13.8 Å². The molecule has 0 N–H and O–H groups in total. The van der Waals surface area contributed by atoms with Gasteiger partial charge in [-0.2, -0.15) is 0 Å². The normalized spacial score (nSPS) is 11.9. The molecule has 0 aliphatic rings. The molecule has 3 nitrogen and oxygen atoms in total. The molecule has 0 radical (unpaired) electrons. The molecule has 0 aliphatic carbocycles. The Balaban J connectivity index is 3.22. The van der Waals surface area contributed by atoms with Gasteiger partial charge in [0.25, 0.3) is 0 Å². The van der Waals surface area contributed by atoms with Gasteiger partial charge in [0, 0.05) is 22.6 Å². The summed E-state index contributed by atoms with van der Waals surface area (Å²) in [6.07, 6.45) is 1.21. The van der Waals surface area contributed by atoms with Gasteiger partial charge >= 0.3 is 0 Å². The van der Waals surface area contributed by atoms with Crippen molar-refractivity contribution in [1.82, 2.24) is 0 Å². The van der Waals surface area contributed by atoms with Crippen LogP contribution in [-0.4, -0.2) is 4.92 Å². The Kier molecular flexibility index (Phi) is 4.01. The van der Waals surface area contributed by atoms with Crippen LogP contribution < -0.4 is 0 Å². The minimum atomic E-state index is -0.524. The van der Waals surface area contributed by atoms with E-state index in [-0.39, 0.29) is 17.2 Å². The highest BCUT2D eigenvalue weighted by Gasteiger charge is 2.16. The summed E-state index contributed by atoms with van der Waals surface area (Å²) in [5.74, 6) is -0.808. The Labute approximate surface area is 97.7 Å². The molecule has 0 heterocycles. The lowest BCUT2D eigenvalue weighted by Crippen LogP contribution is -2.05. The Bertz CT molecular complexity index is 444. The molecule has 0 aromatic heterocycles. The minimum Gasteiger partial charge on any atom is -0.259 e. The number of allylic oxidation sites excluding steroid dienone is 1. The van der Waals surface area contributed by atoms with Gasteiger partial charge in [-0.1, -0.05) is 25.4 Å². The van der Waals surface area contributed by atoms with Gasteiger partial charge in [0.1, 0.15) is 5.82 Å². The van der Waals surface area contributed by atoms with Gasteiger partial charge in [0.15, 0.2) is 0 Å². The first-order valence-corrected chi connectivity index (χ1v) is 5.10. The molecule has 0 unspecified atom stereocenters. The van der Waals surface area contributed by atoms with E-state index >= 15 is 0 Å². The molecule has 1 aromatic rings. The molecule has 1 rings (SSSR count). The number of nitrogens with zero attached hydrogens (tertiary/aromatic N) is 1. The van der Waals surface area contributed by atoms with Crippen LogP contribution in [-0.2, 0) is 0 Å². The van der Waals surface area contributed by atoms with E-state index in [9.17, 15) is 14.5 Å². The molecule has 16 heavy (non-hydrogen) atoms. The van der Waals surface area contributed by atoms with Gasteiger partial charge in [-0.05, 0) is 18.2 Å². The number of benzene rings is 1. The third-order valence-corrected chi connectivity index (χ3v) is 2.30. The Morgan fingerprint density at radius 2 is 2.19 bits per heavy atom. The summed E-state index contributed by atoms with van der Waals surface area (Å²) in [5, 5.41) is 11.1. The predicted molar refractivity (Wildman–Crippen MR) is 61.2 cm³/mol. The van der Waals surface area contributed by atoms with Crippen molar-refractivity contribution in [3.8, 4) is 0 Å². The lowest BCUT2D eigenvalue weighted by molar-refractivity contribution is -0.431. The fourth-order valence-electron chi connectivity index (χ4n) is 1.21.